The van der Waals surface area contributed by atoms with Crippen LogP contribution in [0.1, 0.15) is 19.3 Å². The van der Waals surface area contributed by atoms with Crippen LogP contribution in [0.5, 0.6) is 11.5 Å². The summed E-state index contributed by atoms with van der Waals surface area (Å²) in [5, 5.41) is 3.44. The molecule has 2 saturated heterocycles. The topological polar surface area (TPSA) is 50.8 Å². The molecule has 0 atom stereocenters. The lowest BCUT2D eigenvalue weighted by Crippen LogP contribution is -2.45. The van der Waals surface area contributed by atoms with Crippen molar-refractivity contribution in [3.63, 3.8) is 0 Å². The second-order valence-electron chi connectivity index (χ2n) is 6.27. The van der Waals surface area contributed by atoms with Gasteiger partial charge in [-0.2, -0.15) is 0 Å². The Labute approximate surface area is 143 Å². The number of hydrogen-bond acceptors (Lipinski definition) is 4. The highest BCUT2D eigenvalue weighted by Crippen LogP contribution is 2.36. The number of carbonyl (C=O) groups is 1. The summed E-state index contributed by atoms with van der Waals surface area (Å²) >= 11 is 0. The Morgan fingerprint density at radius 1 is 1.17 bits per heavy atom. The molecule has 2 fully saturated rings. The van der Waals surface area contributed by atoms with E-state index in [1.807, 2.05) is 29.2 Å². The van der Waals surface area contributed by atoms with Gasteiger partial charge < -0.3 is 19.7 Å². The summed E-state index contributed by atoms with van der Waals surface area (Å²) in [6, 6.07) is 7.30. The first-order valence-electron chi connectivity index (χ1n) is 7.96. The summed E-state index contributed by atoms with van der Waals surface area (Å²) in [5.41, 5.74) is 0.438. The number of halogens is 1. The number of piperidine rings is 1. The van der Waals surface area contributed by atoms with Gasteiger partial charge >= 0.3 is 0 Å². The summed E-state index contributed by atoms with van der Waals surface area (Å²) in [4.78, 5) is 14.2. The fraction of sp³-hybridized carbons (Fsp3) is 0.588. The maximum absolute atomic E-state index is 12.3. The van der Waals surface area contributed by atoms with Gasteiger partial charge in [0, 0.05) is 19.6 Å². The Hall–Kier alpha value is -1.46. The maximum Gasteiger partial charge on any atom is 0.260 e. The second-order valence-corrected chi connectivity index (χ2v) is 6.27. The lowest BCUT2D eigenvalue weighted by Gasteiger charge is -2.38. The minimum absolute atomic E-state index is 0. The third kappa shape index (κ3) is 4.30. The Kier molecular flexibility index (Phi) is 6.13. The Morgan fingerprint density at radius 2 is 1.83 bits per heavy atom. The molecule has 23 heavy (non-hydrogen) atoms. The average Bonchev–Trinajstić information content (AvgIpc) is 3.02. The van der Waals surface area contributed by atoms with E-state index in [9.17, 15) is 4.79 Å². The molecule has 0 aliphatic carbocycles. The molecule has 6 heteroatoms. The van der Waals surface area contributed by atoms with Crippen LogP contribution >= 0.6 is 12.4 Å². The molecule has 2 aliphatic rings. The van der Waals surface area contributed by atoms with Gasteiger partial charge in [0.25, 0.3) is 5.91 Å². The Balaban J connectivity index is 0.00000192. The molecule has 1 aromatic rings. The SMILES string of the molecule is COc1ccc(OCC(=O)N2CCC3(CCNC3)CC2)cc1.Cl. The van der Waals surface area contributed by atoms with E-state index < -0.39 is 0 Å². The maximum atomic E-state index is 12.3. The molecule has 1 N–H and O–H groups in total. The Bertz CT molecular complexity index is 505. The molecular formula is C17H25ClN2O3. The van der Waals surface area contributed by atoms with Crippen LogP contribution in [0.3, 0.4) is 0 Å². The number of rotatable bonds is 4. The van der Waals surface area contributed by atoms with Gasteiger partial charge in [-0.3, -0.25) is 4.79 Å². The van der Waals surface area contributed by atoms with Gasteiger partial charge in [-0.05, 0) is 55.5 Å². The van der Waals surface area contributed by atoms with E-state index in [1.54, 1.807) is 7.11 Å². The van der Waals surface area contributed by atoms with E-state index in [0.717, 1.165) is 44.8 Å². The highest BCUT2D eigenvalue weighted by molar-refractivity contribution is 5.85. The van der Waals surface area contributed by atoms with E-state index >= 15 is 0 Å². The number of likely N-dealkylation sites (tertiary alicyclic amines) is 1. The molecule has 0 radical (unpaired) electrons. The molecule has 1 spiro atoms. The van der Waals surface area contributed by atoms with Crippen LogP contribution in [0.15, 0.2) is 24.3 Å². The van der Waals surface area contributed by atoms with Gasteiger partial charge in [0.05, 0.1) is 7.11 Å². The number of nitrogens with one attached hydrogen (secondary N) is 1. The number of ether oxygens (including phenoxy) is 2. The number of methoxy groups -OCH3 is 1. The predicted molar refractivity (Wildman–Crippen MR) is 91.5 cm³/mol. The molecule has 2 heterocycles. The van der Waals surface area contributed by atoms with Crippen molar-refractivity contribution in [2.24, 2.45) is 5.41 Å². The lowest BCUT2D eigenvalue weighted by atomic mass is 9.78. The van der Waals surface area contributed by atoms with Gasteiger partial charge in [0.15, 0.2) is 6.61 Å². The van der Waals surface area contributed by atoms with E-state index in [2.05, 4.69) is 5.32 Å². The molecule has 1 aromatic carbocycles. The van der Waals surface area contributed by atoms with E-state index in [0.29, 0.717) is 11.2 Å². The molecule has 0 saturated carbocycles. The van der Waals surface area contributed by atoms with Gasteiger partial charge in [-0.1, -0.05) is 0 Å². The minimum Gasteiger partial charge on any atom is -0.497 e. The smallest absolute Gasteiger partial charge is 0.260 e. The highest BCUT2D eigenvalue weighted by atomic mass is 35.5. The van der Waals surface area contributed by atoms with Crippen LogP contribution in [0.2, 0.25) is 0 Å². The van der Waals surface area contributed by atoms with Crippen molar-refractivity contribution in [2.75, 3.05) is 39.9 Å². The van der Waals surface area contributed by atoms with E-state index in [-0.39, 0.29) is 24.9 Å². The van der Waals surface area contributed by atoms with Crippen LogP contribution in [0, 0.1) is 5.41 Å². The lowest BCUT2D eigenvalue weighted by molar-refractivity contribution is -0.135. The molecular weight excluding hydrogens is 316 g/mol. The van der Waals surface area contributed by atoms with E-state index in [4.69, 9.17) is 9.47 Å². The molecule has 0 bridgehead atoms. The molecule has 1 amide bonds. The molecule has 0 aromatic heterocycles. The van der Waals surface area contributed by atoms with Gasteiger partial charge in [0.2, 0.25) is 0 Å². The summed E-state index contributed by atoms with van der Waals surface area (Å²) in [6.07, 6.45) is 3.46. The van der Waals surface area contributed by atoms with Crippen molar-refractivity contribution in [1.29, 1.82) is 0 Å². The minimum atomic E-state index is 0. The largest absolute Gasteiger partial charge is 0.497 e. The van der Waals surface area contributed by atoms with Crippen molar-refractivity contribution >= 4 is 18.3 Å². The van der Waals surface area contributed by atoms with Gasteiger partial charge in [-0.25, -0.2) is 0 Å². The van der Waals surface area contributed by atoms with Gasteiger partial charge in [-0.15, -0.1) is 12.4 Å². The molecule has 2 aliphatic heterocycles. The predicted octanol–water partition coefficient (Wildman–Crippen LogP) is 2.10. The van der Waals surface area contributed by atoms with Crippen LogP contribution < -0.4 is 14.8 Å². The number of benzene rings is 1. The van der Waals surface area contributed by atoms with Crippen molar-refractivity contribution in [3.8, 4) is 11.5 Å². The summed E-state index contributed by atoms with van der Waals surface area (Å²) in [5.74, 6) is 1.56. The average molecular weight is 341 g/mol. The van der Waals surface area contributed by atoms with Crippen LogP contribution in [0.4, 0.5) is 0 Å². The fourth-order valence-corrected chi connectivity index (χ4v) is 3.36. The molecule has 128 valence electrons. The van der Waals surface area contributed by atoms with Crippen LogP contribution in [-0.4, -0.2) is 50.7 Å². The second kappa shape index (κ2) is 7.88. The zero-order valence-corrected chi connectivity index (χ0v) is 14.4. The fourth-order valence-electron chi connectivity index (χ4n) is 3.36. The number of carbonyl (C=O) groups excluding carboxylic acids is 1. The third-order valence-electron chi connectivity index (χ3n) is 4.93. The Morgan fingerprint density at radius 3 is 2.39 bits per heavy atom. The highest BCUT2D eigenvalue weighted by Gasteiger charge is 2.37. The van der Waals surface area contributed by atoms with Crippen molar-refractivity contribution < 1.29 is 14.3 Å². The summed E-state index contributed by atoms with van der Waals surface area (Å²) in [7, 11) is 1.63. The number of amides is 1. The van der Waals surface area contributed by atoms with Gasteiger partial charge in [0.1, 0.15) is 11.5 Å². The first-order valence-corrected chi connectivity index (χ1v) is 7.96. The summed E-state index contributed by atoms with van der Waals surface area (Å²) in [6.45, 7) is 4.04. The summed E-state index contributed by atoms with van der Waals surface area (Å²) < 4.78 is 10.7. The van der Waals surface area contributed by atoms with E-state index in [1.165, 1.54) is 6.42 Å². The zero-order valence-electron chi connectivity index (χ0n) is 13.5. The first-order chi connectivity index (χ1) is 10.7. The molecule has 5 nitrogen and oxygen atoms in total. The number of nitrogens with zero attached hydrogens (tertiary/aromatic N) is 1. The number of hydrogen-bond donors (Lipinski definition) is 1. The van der Waals surface area contributed by atoms with Crippen molar-refractivity contribution in [3.05, 3.63) is 24.3 Å². The standard InChI is InChI=1S/C17H24N2O3.ClH/c1-21-14-2-4-15(5-3-14)22-12-16(20)19-10-7-17(8-11-19)6-9-18-13-17;/h2-5,18H,6-13H2,1H3;1H. The van der Waals surface area contributed by atoms with Crippen LogP contribution in [-0.2, 0) is 4.79 Å². The first kappa shape index (κ1) is 17.9. The van der Waals surface area contributed by atoms with Crippen molar-refractivity contribution in [2.45, 2.75) is 19.3 Å². The van der Waals surface area contributed by atoms with Crippen LogP contribution in [0.25, 0.3) is 0 Å². The molecule has 3 rings (SSSR count). The molecule has 0 unspecified atom stereocenters. The quantitative estimate of drug-likeness (QED) is 0.912. The third-order valence-corrected chi connectivity index (χ3v) is 4.93. The monoisotopic (exact) mass is 340 g/mol. The normalized spacial score (nSPS) is 19.3. The van der Waals surface area contributed by atoms with Crippen molar-refractivity contribution in [1.82, 2.24) is 10.2 Å². The zero-order chi connectivity index (χ0) is 15.4.